The van der Waals surface area contributed by atoms with Gasteiger partial charge >= 0.3 is 5.97 Å². The molecule has 4 heteroatoms. The molecular formula is C18H14O4. The standard InChI is InChI=1S/C18H14O4/c1-11-5-3-4-6-13(11)9-17-18(20)15-8-7-14(21-12(2)19)10-16(15)22-17/h3-10H,1-2H3. The highest BCUT2D eigenvalue weighted by molar-refractivity contribution is 6.14. The van der Waals surface area contributed by atoms with Crippen LogP contribution in [0.15, 0.2) is 48.2 Å². The molecule has 0 spiro atoms. The number of allylic oxidation sites excluding steroid dienone is 1. The first kappa shape index (κ1) is 14.1. The molecule has 1 aliphatic rings. The fourth-order valence-electron chi connectivity index (χ4n) is 2.29. The highest BCUT2D eigenvalue weighted by atomic mass is 16.5. The first-order chi connectivity index (χ1) is 10.5. The van der Waals surface area contributed by atoms with E-state index in [1.54, 1.807) is 24.3 Å². The summed E-state index contributed by atoms with van der Waals surface area (Å²) in [7, 11) is 0. The van der Waals surface area contributed by atoms with E-state index in [1.807, 2.05) is 31.2 Å². The van der Waals surface area contributed by atoms with E-state index in [4.69, 9.17) is 9.47 Å². The fraction of sp³-hybridized carbons (Fsp3) is 0.111. The molecule has 0 saturated heterocycles. The molecule has 0 radical (unpaired) electrons. The van der Waals surface area contributed by atoms with Crippen LogP contribution in [0.25, 0.3) is 6.08 Å². The van der Waals surface area contributed by atoms with Gasteiger partial charge in [0.15, 0.2) is 5.76 Å². The predicted molar refractivity (Wildman–Crippen MR) is 81.9 cm³/mol. The quantitative estimate of drug-likeness (QED) is 0.483. The summed E-state index contributed by atoms with van der Waals surface area (Å²) in [6.07, 6.45) is 1.73. The number of fused-ring (bicyclic) bond motifs is 1. The molecule has 0 saturated carbocycles. The van der Waals surface area contributed by atoms with E-state index in [-0.39, 0.29) is 11.5 Å². The highest BCUT2D eigenvalue weighted by Crippen LogP contribution is 2.35. The number of ether oxygens (including phenoxy) is 2. The van der Waals surface area contributed by atoms with Gasteiger partial charge in [-0.1, -0.05) is 24.3 Å². The zero-order valence-electron chi connectivity index (χ0n) is 12.3. The number of hydrogen-bond acceptors (Lipinski definition) is 4. The average molecular weight is 294 g/mol. The Bertz CT molecular complexity index is 802. The molecule has 1 aliphatic heterocycles. The van der Waals surface area contributed by atoms with Crippen LogP contribution in [0.3, 0.4) is 0 Å². The summed E-state index contributed by atoms with van der Waals surface area (Å²) in [5.74, 6) is 0.441. The van der Waals surface area contributed by atoms with E-state index in [0.29, 0.717) is 17.1 Å². The molecule has 2 aromatic rings. The zero-order valence-corrected chi connectivity index (χ0v) is 12.3. The van der Waals surface area contributed by atoms with Crippen molar-refractivity contribution >= 4 is 17.8 Å². The molecule has 0 aromatic heterocycles. The number of Topliss-reactive ketones (excluding diaryl/α,β-unsaturated/α-hetero) is 1. The number of aryl methyl sites for hydroxylation is 1. The molecule has 0 atom stereocenters. The zero-order chi connectivity index (χ0) is 15.7. The average Bonchev–Trinajstić information content (AvgIpc) is 2.77. The van der Waals surface area contributed by atoms with Crippen LogP contribution in [0.1, 0.15) is 28.4 Å². The first-order valence-electron chi connectivity index (χ1n) is 6.87. The van der Waals surface area contributed by atoms with Crippen molar-refractivity contribution in [2.45, 2.75) is 13.8 Å². The maximum Gasteiger partial charge on any atom is 0.308 e. The van der Waals surface area contributed by atoms with Gasteiger partial charge < -0.3 is 9.47 Å². The summed E-state index contributed by atoms with van der Waals surface area (Å²) in [4.78, 5) is 23.3. The SMILES string of the molecule is CC(=O)Oc1ccc2c(c1)OC(=Cc1ccccc1C)C2=O. The summed E-state index contributed by atoms with van der Waals surface area (Å²) in [5.41, 5.74) is 2.46. The van der Waals surface area contributed by atoms with E-state index in [1.165, 1.54) is 6.92 Å². The smallest absolute Gasteiger partial charge is 0.308 e. The lowest BCUT2D eigenvalue weighted by atomic mass is 10.1. The van der Waals surface area contributed by atoms with Crippen molar-refractivity contribution in [1.82, 2.24) is 0 Å². The maximum atomic E-state index is 12.3. The van der Waals surface area contributed by atoms with Gasteiger partial charge in [-0.05, 0) is 36.3 Å². The Labute approximate surface area is 128 Å². The molecule has 0 fully saturated rings. The van der Waals surface area contributed by atoms with Gasteiger partial charge in [0.2, 0.25) is 5.78 Å². The van der Waals surface area contributed by atoms with Crippen LogP contribution in [0.4, 0.5) is 0 Å². The number of rotatable bonds is 2. The summed E-state index contributed by atoms with van der Waals surface area (Å²) >= 11 is 0. The van der Waals surface area contributed by atoms with E-state index >= 15 is 0 Å². The minimum Gasteiger partial charge on any atom is -0.452 e. The second-order valence-corrected chi connectivity index (χ2v) is 5.05. The highest BCUT2D eigenvalue weighted by Gasteiger charge is 2.28. The maximum absolute atomic E-state index is 12.3. The van der Waals surface area contributed by atoms with Crippen molar-refractivity contribution in [2.24, 2.45) is 0 Å². The molecule has 0 aliphatic carbocycles. The number of ketones is 1. The second kappa shape index (κ2) is 5.48. The van der Waals surface area contributed by atoms with E-state index in [9.17, 15) is 9.59 Å². The molecule has 1 heterocycles. The second-order valence-electron chi connectivity index (χ2n) is 5.05. The molecule has 2 aromatic carbocycles. The topological polar surface area (TPSA) is 52.6 Å². The van der Waals surface area contributed by atoms with Crippen molar-refractivity contribution in [3.63, 3.8) is 0 Å². The molecule has 0 N–H and O–H groups in total. The summed E-state index contributed by atoms with van der Waals surface area (Å²) < 4.78 is 10.6. The number of esters is 1. The third kappa shape index (κ3) is 2.63. The number of benzene rings is 2. The van der Waals surface area contributed by atoms with Gasteiger partial charge in [-0.2, -0.15) is 0 Å². The number of carbonyl (C=O) groups is 2. The predicted octanol–water partition coefficient (Wildman–Crippen LogP) is 3.54. The minimum atomic E-state index is -0.417. The van der Waals surface area contributed by atoms with Gasteiger partial charge in [-0.3, -0.25) is 9.59 Å². The Morgan fingerprint density at radius 3 is 2.68 bits per heavy atom. The molecule has 3 rings (SSSR count). The normalized spacial score (nSPS) is 14.6. The Balaban J connectivity index is 1.94. The van der Waals surface area contributed by atoms with Crippen LogP contribution in [-0.2, 0) is 4.79 Å². The number of carbonyl (C=O) groups excluding carboxylic acids is 2. The van der Waals surface area contributed by atoms with Crippen molar-refractivity contribution < 1.29 is 19.1 Å². The van der Waals surface area contributed by atoms with Crippen molar-refractivity contribution in [3.05, 3.63) is 64.9 Å². The molecule has 0 bridgehead atoms. The van der Waals surface area contributed by atoms with Gasteiger partial charge in [0.05, 0.1) is 5.56 Å². The molecule has 22 heavy (non-hydrogen) atoms. The third-order valence-corrected chi connectivity index (χ3v) is 3.38. The summed E-state index contributed by atoms with van der Waals surface area (Å²) in [6.45, 7) is 3.29. The summed E-state index contributed by atoms with van der Waals surface area (Å²) in [5, 5.41) is 0. The van der Waals surface area contributed by atoms with Crippen LogP contribution in [0, 0.1) is 6.92 Å². The largest absolute Gasteiger partial charge is 0.452 e. The first-order valence-corrected chi connectivity index (χ1v) is 6.87. The van der Waals surface area contributed by atoms with Gasteiger partial charge in [0, 0.05) is 13.0 Å². The molecule has 0 unspecified atom stereocenters. The Hall–Kier alpha value is -2.88. The third-order valence-electron chi connectivity index (χ3n) is 3.38. The van der Waals surface area contributed by atoms with Gasteiger partial charge in [-0.15, -0.1) is 0 Å². The molecule has 0 amide bonds. The van der Waals surface area contributed by atoms with Crippen LogP contribution in [0.5, 0.6) is 11.5 Å². The minimum absolute atomic E-state index is 0.173. The lowest BCUT2D eigenvalue weighted by Crippen LogP contribution is -2.01. The van der Waals surface area contributed by atoms with Crippen molar-refractivity contribution in [1.29, 1.82) is 0 Å². The lowest BCUT2D eigenvalue weighted by molar-refractivity contribution is -0.131. The Morgan fingerprint density at radius 2 is 1.95 bits per heavy atom. The van der Waals surface area contributed by atoms with Crippen LogP contribution in [-0.4, -0.2) is 11.8 Å². The number of hydrogen-bond donors (Lipinski definition) is 0. The van der Waals surface area contributed by atoms with Gasteiger partial charge in [0.1, 0.15) is 11.5 Å². The fourth-order valence-corrected chi connectivity index (χ4v) is 2.29. The molecule has 110 valence electrons. The Morgan fingerprint density at radius 1 is 1.18 bits per heavy atom. The van der Waals surface area contributed by atoms with Crippen molar-refractivity contribution in [3.8, 4) is 11.5 Å². The summed E-state index contributed by atoms with van der Waals surface area (Å²) in [6, 6.07) is 12.5. The lowest BCUT2D eigenvalue weighted by Gasteiger charge is -2.03. The van der Waals surface area contributed by atoms with E-state index in [2.05, 4.69) is 0 Å². The van der Waals surface area contributed by atoms with Crippen LogP contribution in [0.2, 0.25) is 0 Å². The molecule has 4 nitrogen and oxygen atoms in total. The monoisotopic (exact) mass is 294 g/mol. The molecular weight excluding hydrogens is 280 g/mol. The van der Waals surface area contributed by atoms with Gasteiger partial charge in [-0.25, -0.2) is 0 Å². The van der Waals surface area contributed by atoms with Crippen molar-refractivity contribution in [2.75, 3.05) is 0 Å². The van der Waals surface area contributed by atoms with E-state index in [0.717, 1.165) is 11.1 Å². The van der Waals surface area contributed by atoms with Crippen LogP contribution >= 0.6 is 0 Å². The van der Waals surface area contributed by atoms with Crippen LogP contribution < -0.4 is 9.47 Å². The van der Waals surface area contributed by atoms with E-state index < -0.39 is 5.97 Å². The van der Waals surface area contributed by atoms with Gasteiger partial charge in [0.25, 0.3) is 0 Å². The Kier molecular flexibility index (Phi) is 3.51.